The minimum Gasteiger partial charge on any atom is -0.335 e. The predicted octanol–water partition coefficient (Wildman–Crippen LogP) is 3.23. The third-order valence-electron chi connectivity index (χ3n) is 4.05. The van der Waals surface area contributed by atoms with Gasteiger partial charge in [-0.15, -0.1) is 0 Å². The maximum Gasteiger partial charge on any atom is 0.255 e. The molecule has 1 atom stereocenters. The zero-order chi connectivity index (χ0) is 13.4. The fourth-order valence-corrected chi connectivity index (χ4v) is 3.13. The van der Waals surface area contributed by atoms with Crippen molar-refractivity contribution in [2.45, 2.75) is 31.7 Å². The molecule has 1 heterocycles. The molecule has 1 amide bonds. The number of hydrogen-bond donors (Lipinski definition) is 0. The molecule has 0 aromatic heterocycles. The number of halogens is 1. The van der Waals surface area contributed by atoms with Gasteiger partial charge in [0.05, 0.1) is 22.2 Å². The second-order valence-corrected chi connectivity index (χ2v) is 5.76. The van der Waals surface area contributed by atoms with Crippen LogP contribution in [0.4, 0.5) is 0 Å². The van der Waals surface area contributed by atoms with E-state index >= 15 is 0 Å². The Kier molecular flexibility index (Phi) is 3.20. The van der Waals surface area contributed by atoms with Crippen molar-refractivity contribution in [2.24, 2.45) is 5.92 Å². The number of rotatable bonds is 2. The molecule has 98 valence electrons. The Morgan fingerprint density at radius 3 is 2.84 bits per heavy atom. The summed E-state index contributed by atoms with van der Waals surface area (Å²) in [5.41, 5.74) is 0.947. The maximum atomic E-state index is 12.6. The van der Waals surface area contributed by atoms with Gasteiger partial charge in [0.2, 0.25) is 0 Å². The molecule has 1 aromatic rings. The molecule has 19 heavy (non-hydrogen) atoms. The van der Waals surface area contributed by atoms with Gasteiger partial charge in [-0.2, -0.15) is 5.26 Å². The van der Waals surface area contributed by atoms with Gasteiger partial charge in [0.25, 0.3) is 5.91 Å². The Morgan fingerprint density at radius 1 is 1.37 bits per heavy atom. The average molecular weight is 275 g/mol. The molecule has 0 radical (unpaired) electrons. The number of carbonyl (C=O) groups is 1. The number of carbonyl (C=O) groups excluding carboxylic acids is 1. The largest absolute Gasteiger partial charge is 0.335 e. The number of nitrogens with zero attached hydrogens (tertiary/aromatic N) is 2. The van der Waals surface area contributed by atoms with Crippen LogP contribution in [0.3, 0.4) is 0 Å². The van der Waals surface area contributed by atoms with Crippen LogP contribution in [0.15, 0.2) is 18.2 Å². The highest BCUT2D eigenvalue weighted by Gasteiger charge is 2.40. The lowest BCUT2D eigenvalue weighted by Gasteiger charge is -2.25. The monoisotopic (exact) mass is 274 g/mol. The highest BCUT2D eigenvalue weighted by atomic mass is 35.5. The molecule has 1 saturated heterocycles. The summed E-state index contributed by atoms with van der Waals surface area (Å²) in [6, 6.07) is 7.32. The first kappa shape index (κ1) is 12.5. The fraction of sp³-hybridized carbons (Fsp3) is 0.467. The Morgan fingerprint density at radius 2 is 2.16 bits per heavy atom. The van der Waals surface area contributed by atoms with Gasteiger partial charge in [0, 0.05) is 12.6 Å². The van der Waals surface area contributed by atoms with E-state index in [1.54, 1.807) is 18.2 Å². The van der Waals surface area contributed by atoms with E-state index in [2.05, 4.69) is 6.07 Å². The van der Waals surface area contributed by atoms with Crippen molar-refractivity contribution in [1.82, 2.24) is 4.90 Å². The first-order chi connectivity index (χ1) is 9.20. The first-order valence-electron chi connectivity index (χ1n) is 6.71. The molecule has 0 N–H and O–H groups in total. The van der Waals surface area contributed by atoms with Crippen LogP contribution >= 0.6 is 11.6 Å². The van der Waals surface area contributed by atoms with Crippen molar-refractivity contribution in [1.29, 1.82) is 5.26 Å². The van der Waals surface area contributed by atoms with Crippen LogP contribution in [0.2, 0.25) is 5.02 Å². The first-order valence-corrected chi connectivity index (χ1v) is 7.09. The van der Waals surface area contributed by atoms with Gasteiger partial charge >= 0.3 is 0 Å². The highest BCUT2D eigenvalue weighted by Crippen LogP contribution is 2.40. The molecule has 1 unspecified atom stereocenters. The van der Waals surface area contributed by atoms with E-state index in [0.717, 1.165) is 19.4 Å². The Bertz CT molecular complexity index is 560. The SMILES string of the molecule is N#Cc1ccc(Cl)c(C(=O)N2CCCC2C2CC2)c1. The van der Waals surface area contributed by atoms with Crippen molar-refractivity contribution >= 4 is 17.5 Å². The average Bonchev–Trinajstić information content (AvgIpc) is 3.16. The van der Waals surface area contributed by atoms with Crippen LogP contribution in [0.25, 0.3) is 0 Å². The topological polar surface area (TPSA) is 44.1 Å². The molecule has 2 fully saturated rings. The van der Waals surface area contributed by atoms with Crippen LogP contribution in [0.1, 0.15) is 41.6 Å². The predicted molar refractivity (Wildman–Crippen MR) is 72.9 cm³/mol. The van der Waals surface area contributed by atoms with Gasteiger partial charge in [-0.3, -0.25) is 4.79 Å². The third kappa shape index (κ3) is 2.33. The van der Waals surface area contributed by atoms with Crippen molar-refractivity contribution in [2.75, 3.05) is 6.54 Å². The molecule has 1 aliphatic carbocycles. The lowest BCUT2D eigenvalue weighted by molar-refractivity contribution is 0.0721. The number of hydrogen-bond acceptors (Lipinski definition) is 2. The molecule has 1 saturated carbocycles. The van der Waals surface area contributed by atoms with Crippen LogP contribution in [0, 0.1) is 17.2 Å². The van der Waals surface area contributed by atoms with E-state index < -0.39 is 0 Å². The van der Waals surface area contributed by atoms with Gasteiger partial charge < -0.3 is 4.90 Å². The minimum absolute atomic E-state index is 0.0171. The number of amides is 1. The van der Waals surface area contributed by atoms with Crippen molar-refractivity contribution in [3.8, 4) is 6.07 Å². The van der Waals surface area contributed by atoms with Gasteiger partial charge in [-0.05, 0) is 49.8 Å². The van der Waals surface area contributed by atoms with E-state index in [1.807, 2.05) is 4.90 Å². The van der Waals surface area contributed by atoms with Gasteiger partial charge in [0.15, 0.2) is 0 Å². The molecule has 0 bridgehead atoms. The molecule has 3 nitrogen and oxygen atoms in total. The summed E-state index contributed by atoms with van der Waals surface area (Å²) in [5, 5.41) is 9.37. The van der Waals surface area contributed by atoms with E-state index in [9.17, 15) is 4.79 Å². The highest BCUT2D eigenvalue weighted by molar-refractivity contribution is 6.33. The zero-order valence-electron chi connectivity index (χ0n) is 10.6. The lowest BCUT2D eigenvalue weighted by atomic mass is 10.1. The molecule has 0 spiro atoms. The Labute approximate surface area is 117 Å². The smallest absolute Gasteiger partial charge is 0.255 e. The fourth-order valence-electron chi connectivity index (χ4n) is 2.93. The Hall–Kier alpha value is -1.53. The summed E-state index contributed by atoms with van der Waals surface area (Å²) in [6.07, 6.45) is 4.65. The quantitative estimate of drug-likeness (QED) is 0.831. The van der Waals surface area contributed by atoms with E-state index in [1.165, 1.54) is 12.8 Å². The van der Waals surface area contributed by atoms with Gasteiger partial charge in [-0.25, -0.2) is 0 Å². The van der Waals surface area contributed by atoms with Crippen LogP contribution < -0.4 is 0 Å². The molecule has 3 rings (SSSR count). The summed E-state index contributed by atoms with van der Waals surface area (Å²) in [5.74, 6) is 0.667. The second-order valence-electron chi connectivity index (χ2n) is 5.35. The molecular weight excluding hydrogens is 260 g/mol. The van der Waals surface area contributed by atoms with Crippen LogP contribution in [-0.2, 0) is 0 Å². The summed E-state index contributed by atoms with van der Waals surface area (Å²) < 4.78 is 0. The molecule has 4 heteroatoms. The number of likely N-dealkylation sites (tertiary alicyclic amines) is 1. The summed E-state index contributed by atoms with van der Waals surface area (Å²) in [4.78, 5) is 14.6. The van der Waals surface area contributed by atoms with Gasteiger partial charge in [-0.1, -0.05) is 11.6 Å². The standard InChI is InChI=1S/C15H15ClN2O/c16-13-6-3-10(9-17)8-12(13)15(19)18-7-1-2-14(18)11-4-5-11/h3,6,8,11,14H,1-2,4-5,7H2. The maximum absolute atomic E-state index is 12.6. The molecular formula is C15H15ClN2O. The summed E-state index contributed by atoms with van der Waals surface area (Å²) >= 11 is 6.11. The van der Waals surface area contributed by atoms with E-state index in [-0.39, 0.29) is 5.91 Å². The van der Waals surface area contributed by atoms with Crippen molar-refractivity contribution in [3.63, 3.8) is 0 Å². The van der Waals surface area contributed by atoms with Gasteiger partial charge in [0.1, 0.15) is 0 Å². The van der Waals surface area contributed by atoms with E-state index in [0.29, 0.717) is 28.1 Å². The minimum atomic E-state index is -0.0171. The third-order valence-corrected chi connectivity index (χ3v) is 4.38. The number of benzene rings is 1. The van der Waals surface area contributed by atoms with E-state index in [4.69, 9.17) is 16.9 Å². The van der Waals surface area contributed by atoms with Crippen molar-refractivity contribution in [3.05, 3.63) is 34.3 Å². The zero-order valence-corrected chi connectivity index (χ0v) is 11.4. The summed E-state index contributed by atoms with van der Waals surface area (Å²) in [6.45, 7) is 0.813. The molecule has 1 aromatic carbocycles. The lowest BCUT2D eigenvalue weighted by Crippen LogP contribution is -2.36. The van der Waals surface area contributed by atoms with Crippen molar-refractivity contribution < 1.29 is 4.79 Å². The number of nitriles is 1. The normalized spacial score (nSPS) is 22.3. The summed E-state index contributed by atoms with van der Waals surface area (Å²) in [7, 11) is 0. The second kappa shape index (κ2) is 4.86. The molecule has 2 aliphatic rings. The van der Waals surface area contributed by atoms with Crippen LogP contribution in [0.5, 0.6) is 0 Å². The van der Waals surface area contributed by atoms with Crippen LogP contribution in [-0.4, -0.2) is 23.4 Å². The Balaban J connectivity index is 1.89. The molecule has 1 aliphatic heterocycles.